The molecule has 0 aromatic heterocycles. The van der Waals surface area contributed by atoms with Gasteiger partial charge in [-0.25, -0.2) is 0 Å². The van der Waals surface area contributed by atoms with Crippen molar-refractivity contribution >= 4 is 5.69 Å². The van der Waals surface area contributed by atoms with E-state index in [1.807, 2.05) is 18.2 Å². The fraction of sp³-hybridized carbons (Fsp3) is 0.400. The predicted octanol–water partition coefficient (Wildman–Crippen LogP) is 6.53. The number of benzene rings is 3. The van der Waals surface area contributed by atoms with Crippen LogP contribution in [0.3, 0.4) is 0 Å². The highest BCUT2D eigenvalue weighted by Crippen LogP contribution is 2.46. The number of piperidine rings is 1. The zero-order valence-electron chi connectivity index (χ0n) is 21.9. The molecule has 1 saturated heterocycles. The van der Waals surface area contributed by atoms with Crippen LogP contribution in [0.5, 0.6) is 11.5 Å². The SMILES string of the molecule is COC(OC)C1CCN(c2ccc([C@H]3c4ccc(O)cc4CO[C@H]3c3cccc(OC(F)(F)F)c3)cc2)CC1. The largest absolute Gasteiger partial charge is 0.573 e. The van der Waals surface area contributed by atoms with Gasteiger partial charge in [-0.05, 0) is 71.5 Å². The molecule has 2 aliphatic heterocycles. The molecule has 2 atom stereocenters. The maximum Gasteiger partial charge on any atom is 0.573 e. The summed E-state index contributed by atoms with van der Waals surface area (Å²) in [6.07, 6.45) is -3.61. The van der Waals surface area contributed by atoms with Gasteiger partial charge in [-0.1, -0.05) is 30.3 Å². The average Bonchev–Trinajstić information content (AvgIpc) is 2.93. The number of phenolic OH excluding ortho intramolecular Hbond substituents is 1. The minimum atomic E-state index is -4.78. The molecule has 2 heterocycles. The van der Waals surface area contributed by atoms with Crippen molar-refractivity contribution in [3.8, 4) is 11.5 Å². The summed E-state index contributed by atoms with van der Waals surface area (Å²) in [6, 6.07) is 19.4. The third kappa shape index (κ3) is 6.16. The summed E-state index contributed by atoms with van der Waals surface area (Å²) in [6.45, 7) is 2.00. The molecular weight excluding hydrogens is 511 g/mol. The molecule has 0 amide bonds. The minimum Gasteiger partial charge on any atom is -0.508 e. The van der Waals surface area contributed by atoms with Crippen molar-refractivity contribution < 1.29 is 37.2 Å². The summed E-state index contributed by atoms with van der Waals surface area (Å²) >= 11 is 0. The Morgan fingerprint density at radius 1 is 0.923 bits per heavy atom. The molecule has 208 valence electrons. The first-order valence-electron chi connectivity index (χ1n) is 13.0. The maximum atomic E-state index is 12.9. The number of hydrogen-bond acceptors (Lipinski definition) is 6. The van der Waals surface area contributed by atoms with Crippen molar-refractivity contribution in [3.05, 3.63) is 89.0 Å². The van der Waals surface area contributed by atoms with Crippen molar-refractivity contribution in [2.75, 3.05) is 32.2 Å². The molecule has 0 saturated carbocycles. The van der Waals surface area contributed by atoms with Gasteiger partial charge in [0.1, 0.15) is 11.5 Å². The Hall–Kier alpha value is -3.27. The van der Waals surface area contributed by atoms with Gasteiger partial charge in [0, 0.05) is 44.8 Å². The molecule has 1 fully saturated rings. The fourth-order valence-electron chi connectivity index (χ4n) is 5.79. The van der Waals surface area contributed by atoms with Crippen LogP contribution in [0.2, 0.25) is 0 Å². The predicted molar refractivity (Wildman–Crippen MR) is 140 cm³/mol. The summed E-state index contributed by atoms with van der Waals surface area (Å²) in [5.41, 5.74) is 4.45. The number of phenols is 1. The Bertz CT molecular complexity index is 1250. The quantitative estimate of drug-likeness (QED) is 0.342. The second kappa shape index (κ2) is 11.5. The zero-order chi connectivity index (χ0) is 27.6. The summed E-state index contributed by atoms with van der Waals surface area (Å²) in [5.74, 6) is -0.0973. The van der Waals surface area contributed by atoms with E-state index in [0.717, 1.165) is 48.3 Å². The number of ether oxygens (including phenoxy) is 4. The second-order valence-corrected chi connectivity index (χ2v) is 9.97. The van der Waals surface area contributed by atoms with Crippen LogP contribution in [-0.4, -0.2) is 45.1 Å². The number of halogens is 3. The van der Waals surface area contributed by atoms with Gasteiger partial charge in [-0.2, -0.15) is 0 Å². The van der Waals surface area contributed by atoms with Gasteiger partial charge in [-0.3, -0.25) is 0 Å². The molecule has 0 bridgehead atoms. The van der Waals surface area contributed by atoms with Crippen molar-refractivity contribution in [1.82, 2.24) is 0 Å². The van der Waals surface area contributed by atoms with E-state index in [4.69, 9.17) is 14.2 Å². The number of nitrogens with zero attached hydrogens (tertiary/aromatic N) is 1. The van der Waals surface area contributed by atoms with Crippen molar-refractivity contribution in [1.29, 1.82) is 0 Å². The fourth-order valence-corrected chi connectivity index (χ4v) is 5.79. The van der Waals surface area contributed by atoms with Crippen LogP contribution in [0.15, 0.2) is 66.7 Å². The Morgan fingerprint density at radius 2 is 1.64 bits per heavy atom. The summed E-state index contributed by atoms with van der Waals surface area (Å²) in [7, 11) is 3.33. The number of methoxy groups -OCH3 is 2. The lowest BCUT2D eigenvalue weighted by Gasteiger charge is -2.37. The van der Waals surface area contributed by atoms with E-state index in [1.165, 1.54) is 18.2 Å². The topological polar surface area (TPSA) is 60.4 Å². The third-order valence-corrected chi connectivity index (χ3v) is 7.61. The summed E-state index contributed by atoms with van der Waals surface area (Å²) < 4.78 is 59.9. The molecule has 0 radical (unpaired) electrons. The molecule has 3 aromatic carbocycles. The standard InChI is InChI=1S/C30H32F3NO5/c1-36-29(37-2)20-12-14-34(15-13-20)23-8-6-19(7-9-23)27-26-11-10-24(35)16-22(26)18-38-28(27)21-4-3-5-25(17-21)39-30(31,32)33/h3-11,16-17,20,27-29,35H,12-15,18H2,1-2H3/t27-,28-/m0/s1. The van der Waals surface area contributed by atoms with Gasteiger partial charge in [0.25, 0.3) is 0 Å². The molecule has 0 aliphatic carbocycles. The van der Waals surface area contributed by atoms with Crippen molar-refractivity contribution in [2.45, 2.75) is 44.1 Å². The number of alkyl halides is 3. The van der Waals surface area contributed by atoms with Gasteiger partial charge in [0.15, 0.2) is 6.29 Å². The van der Waals surface area contributed by atoms with E-state index < -0.39 is 12.5 Å². The van der Waals surface area contributed by atoms with Gasteiger partial charge in [0.2, 0.25) is 0 Å². The van der Waals surface area contributed by atoms with E-state index in [2.05, 4.69) is 21.8 Å². The molecule has 6 nitrogen and oxygen atoms in total. The third-order valence-electron chi connectivity index (χ3n) is 7.61. The monoisotopic (exact) mass is 543 g/mol. The number of rotatable bonds is 7. The summed E-state index contributed by atoms with van der Waals surface area (Å²) in [4.78, 5) is 2.33. The zero-order valence-corrected chi connectivity index (χ0v) is 21.9. The van der Waals surface area contributed by atoms with Crippen LogP contribution in [0, 0.1) is 5.92 Å². The molecule has 2 aliphatic rings. The normalized spacial score (nSPS) is 20.2. The van der Waals surface area contributed by atoms with Crippen LogP contribution >= 0.6 is 0 Å². The number of aromatic hydroxyl groups is 1. The molecule has 3 aromatic rings. The Balaban J connectivity index is 1.42. The van der Waals surface area contributed by atoms with Crippen molar-refractivity contribution in [2.24, 2.45) is 5.92 Å². The first-order valence-corrected chi connectivity index (χ1v) is 13.0. The molecule has 9 heteroatoms. The highest BCUT2D eigenvalue weighted by Gasteiger charge is 2.35. The van der Waals surface area contributed by atoms with Gasteiger partial charge in [-0.15, -0.1) is 13.2 Å². The van der Waals surface area contributed by atoms with E-state index >= 15 is 0 Å². The molecule has 0 spiro atoms. The molecule has 0 unspecified atom stereocenters. The van der Waals surface area contributed by atoms with Gasteiger partial charge >= 0.3 is 6.36 Å². The lowest BCUT2D eigenvalue weighted by Crippen LogP contribution is -2.39. The molecule has 5 rings (SSSR count). The van der Waals surface area contributed by atoms with E-state index in [9.17, 15) is 18.3 Å². The van der Waals surface area contributed by atoms with Gasteiger partial charge in [0.05, 0.1) is 12.7 Å². The van der Waals surface area contributed by atoms with Crippen molar-refractivity contribution in [3.63, 3.8) is 0 Å². The smallest absolute Gasteiger partial charge is 0.508 e. The first-order chi connectivity index (χ1) is 18.8. The lowest BCUT2D eigenvalue weighted by atomic mass is 9.79. The summed E-state index contributed by atoms with van der Waals surface area (Å²) in [5, 5.41) is 10.0. The van der Waals surface area contributed by atoms with E-state index in [-0.39, 0.29) is 30.3 Å². The first kappa shape index (κ1) is 27.3. The average molecular weight is 544 g/mol. The van der Waals surface area contributed by atoms with E-state index in [1.54, 1.807) is 32.4 Å². The van der Waals surface area contributed by atoms with Crippen LogP contribution < -0.4 is 9.64 Å². The number of fused-ring (bicyclic) bond motifs is 1. The molecular formula is C30H32F3NO5. The van der Waals surface area contributed by atoms with Crippen LogP contribution in [0.25, 0.3) is 0 Å². The Morgan fingerprint density at radius 3 is 2.31 bits per heavy atom. The molecule has 39 heavy (non-hydrogen) atoms. The lowest BCUT2D eigenvalue weighted by molar-refractivity contribution is -0.274. The maximum absolute atomic E-state index is 12.9. The van der Waals surface area contributed by atoms with Crippen LogP contribution in [-0.2, 0) is 20.8 Å². The number of anilines is 1. The van der Waals surface area contributed by atoms with E-state index in [0.29, 0.717) is 11.5 Å². The van der Waals surface area contributed by atoms with Crippen LogP contribution in [0.4, 0.5) is 18.9 Å². The number of hydrogen-bond donors (Lipinski definition) is 1. The molecule has 1 N–H and O–H groups in total. The second-order valence-electron chi connectivity index (χ2n) is 9.97. The Kier molecular flexibility index (Phi) is 8.02. The van der Waals surface area contributed by atoms with Crippen LogP contribution in [0.1, 0.15) is 47.1 Å². The highest BCUT2D eigenvalue weighted by molar-refractivity contribution is 5.52. The highest BCUT2D eigenvalue weighted by atomic mass is 19.4. The Labute approximate surface area is 225 Å². The van der Waals surface area contributed by atoms with Gasteiger partial charge < -0.3 is 29.0 Å². The minimum absolute atomic E-state index is 0.137.